The maximum Gasteiger partial charge on any atom is 0.293 e. The summed E-state index contributed by atoms with van der Waals surface area (Å²) in [6, 6.07) is 8.70. The number of nitrogens with one attached hydrogen (secondary N) is 1. The topological polar surface area (TPSA) is 154 Å². The number of sulfonamides is 1. The van der Waals surface area contributed by atoms with Gasteiger partial charge in [-0.3, -0.25) is 14.9 Å². The second-order valence-electron chi connectivity index (χ2n) is 7.51. The Kier molecular flexibility index (Phi) is 7.39. The molecule has 2 aromatic carbocycles. The molecular weight excluding hydrogens is 452 g/mol. The van der Waals surface area contributed by atoms with Gasteiger partial charge in [0.1, 0.15) is 17.2 Å². The first kappa shape index (κ1) is 24.3. The molecule has 0 spiro atoms. The van der Waals surface area contributed by atoms with Crippen LogP contribution >= 0.6 is 0 Å². The third-order valence-corrected chi connectivity index (χ3v) is 6.43. The lowest BCUT2D eigenvalue weighted by molar-refractivity contribution is -0.384. The van der Waals surface area contributed by atoms with Crippen molar-refractivity contribution >= 4 is 27.3 Å². The van der Waals surface area contributed by atoms with E-state index < -0.39 is 20.6 Å². The molecule has 3 rings (SSSR count). The number of carbonyl (C=O) groups is 1. The summed E-state index contributed by atoms with van der Waals surface area (Å²) in [5.41, 5.74) is 0.567. The van der Waals surface area contributed by atoms with Gasteiger partial charge in [0.2, 0.25) is 15.9 Å². The van der Waals surface area contributed by atoms with Gasteiger partial charge in [0.05, 0.1) is 30.1 Å². The summed E-state index contributed by atoms with van der Waals surface area (Å²) < 4.78 is 33.7. The SMILES string of the molecule is COc1ccc(C2CCCN2C(=O)CCNc2ccc(S(N)(=O)=O)cc2[N+](=O)[O-])c(OC)c1. The van der Waals surface area contributed by atoms with Gasteiger partial charge >= 0.3 is 0 Å². The number of methoxy groups -OCH3 is 2. The highest BCUT2D eigenvalue weighted by molar-refractivity contribution is 7.89. The Bertz CT molecular complexity index is 1150. The Hall–Kier alpha value is -3.38. The smallest absolute Gasteiger partial charge is 0.293 e. The summed E-state index contributed by atoms with van der Waals surface area (Å²) in [6.07, 6.45) is 1.74. The van der Waals surface area contributed by atoms with E-state index in [0.29, 0.717) is 18.0 Å². The van der Waals surface area contributed by atoms with Crippen LogP contribution in [0, 0.1) is 10.1 Å². The Labute approximate surface area is 191 Å². The van der Waals surface area contributed by atoms with Crippen LogP contribution in [0.5, 0.6) is 11.5 Å². The van der Waals surface area contributed by atoms with Crippen molar-refractivity contribution in [1.82, 2.24) is 4.90 Å². The molecule has 0 aromatic heterocycles. The fourth-order valence-corrected chi connectivity index (χ4v) is 4.45. The number of nitrogens with two attached hydrogens (primary N) is 1. The molecule has 0 bridgehead atoms. The number of anilines is 1. The number of primary sulfonamides is 1. The zero-order valence-corrected chi connectivity index (χ0v) is 19.1. The highest BCUT2D eigenvalue weighted by Gasteiger charge is 2.31. The van der Waals surface area contributed by atoms with Crippen LogP contribution in [0.4, 0.5) is 11.4 Å². The third kappa shape index (κ3) is 5.52. The number of nitro groups is 1. The molecule has 1 atom stereocenters. The number of ether oxygens (including phenoxy) is 2. The van der Waals surface area contributed by atoms with Gasteiger partial charge in [0.25, 0.3) is 5.69 Å². The third-order valence-electron chi connectivity index (χ3n) is 5.52. The van der Waals surface area contributed by atoms with Gasteiger partial charge in [-0.25, -0.2) is 13.6 Å². The molecule has 1 aliphatic rings. The minimum Gasteiger partial charge on any atom is -0.497 e. The van der Waals surface area contributed by atoms with Crippen LogP contribution in [0.15, 0.2) is 41.3 Å². The molecular formula is C21H26N4O7S. The van der Waals surface area contributed by atoms with E-state index in [1.54, 1.807) is 25.2 Å². The number of benzene rings is 2. The van der Waals surface area contributed by atoms with Crippen molar-refractivity contribution in [1.29, 1.82) is 0 Å². The molecule has 0 aliphatic carbocycles. The Morgan fingerprint density at radius 1 is 1.24 bits per heavy atom. The van der Waals surface area contributed by atoms with Crippen molar-refractivity contribution in [3.05, 3.63) is 52.1 Å². The first-order valence-corrected chi connectivity index (χ1v) is 11.8. The number of likely N-dealkylation sites (tertiary alicyclic amines) is 1. The lowest BCUT2D eigenvalue weighted by Gasteiger charge is -2.26. The fourth-order valence-electron chi connectivity index (χ4n) is 3.92. The average Bonchev–Trinajstić information content (AvgIpc) is 3.27. The molecule has 1 saturated heterocycles. The molecule has 1 amide bonds. The minimum atomic E-state index is -4.07. The van der Waals surface area contributed by atoms with Crippen LogP contribution < -0.4 is 19.9 Å². The molecule has 178 valence electrons. The normalized spacial score (nSPS) is 15.8. The number of nitro benzene ring substituents is 1. The largest absolute Gasteiger partial charge is 0.497 e. The van der Waals surface area contributed by atoms with Crippen LogP contribution in [0.2, 0.25) is 0 Å². The van der Waals surface area contributed by atoms with Crippen molar-refractivity contribution in [3.63, 3.8) is 0 Å². The second-order valence-corrected chi connectivity index (χ2v) is 9.07. The van der Waals surface area contributed by atoms with Crippen LogP contribution in [0.1, 0.15) is 30.9 Å². The quantitative estimate of drug-likeness (QED) is 0.411. The lowest BCUT2D eigenvalue weighted by atomic mass is 10.0. The zero-order chi connectivity index (χ0) is 24.2. The van der Waals surface area contributed by atoms with Crippen LogP contribution in [0.3, 0.4) is 0 Å². The number of carbonyl (C=O) groups excluding carboxylic acids is 1. The summed E-state index contributed by atoms with van der Waals surface area (Å²) in [7, 11) is -0.939. The van der Waals surface area contributed by atoms with Crippen molar-refractivity contribution in [2.24, 2.45) is 5.14 Å². The predicted molar refractivity (Wildman–Crippen MR) is 121 cm³/mol. The van der Waals surface area contributed by atoms with Crippen molar-refractivity contribution in [2.75, 3.05) is 32.6 Å². The van der Waals surface area contributed by atoms with E-state index in [4.69, 9.17) is 14.6 Å². The van der Waals surface area contributed by atoms with Gasteiger partial charge < -0.3 is 19.7 Å². The van der Waals surface area contributed by atoms with Crippen LogP contribution in [-0.2, 0) is 14.8 Å². The van der Waals surface area contributed by atoms with E-state index in [0.717, 1.165) is 24.5 Å². The molecule has 0 radical (unpaired) electrons. The molecule has 33 heavy (non-hydrogen) atoms. The number of amides is 1. The van der Waals surface area contributed by atoms with Crippen molar-refractivity contribution in [3.8, 4) is 11.5 Å². The van der Waals surface area contributed by atoms with E-state index in [1.165, 1.54) is 12.1 Å². The summed E-state index contributed by atoms with van der Waals surface area (Å²) in [6.45, 7) is 0.735. The Balaban J connectivity index is 1.69. The highest BCUT2D eigenvalue weighted by atomic mass is 32.2. The highest BCUT2D eigenvalue weighted by Crippen LogP contribution is 2.39. The van der Waals surface area contributed by atoms with Gasteiger partial charge in [-0.15, -0.1) is 0 Å². The molecule has 1 unspecified atom stereocenters. The number of nitrogens with zero attached hydrogens (tertiary/aromatic N) is 2. The summed E-state index contributed by atoms with van der Waals surface area (Å²) in [4.78, 5) is 25.0. The summed E-state index contributed by atoms with van der Waals surface area (Å²) in [5, 5.41) is 19.2. The molecule has 1 heterocycles. The molecule has 12 heteroatoms. The molecule has 2 aromatic rings. The van der Waals surface area contributed by atoms with Crippen molar-refractivity contribution < 1.29 is 27.6 Å². The molecule has 0 saturated carbocycles. The summed E-state index contributed by atoms with van der Waals surface area (Å²) in [5.74, 6) is 1.19. The van der Waals surface area contributed by atoms with E-state index in [-0.39, 0.29) is 35.5 Å². The maximum atomic E-state index is 12.9. The van der Waals surface area contributed by atoms with E-state index in [2.05, 4.69) is 5.32 Å². The number of hydrogen-bond acceptors (Lipinski definition) is 8. The van der Waals surface area contributed by atoms with Gasteiger partial charge in [-0.05, 0) is 37.1 Å². The number of rotatable bonds is 9. The predicted octanol–water partition coefficient (Wildman–Crippen LogP) is 2.43. The van der Waals surface area contributed by atoms with Crippen LogP contribution in [0.25, 0.3) is 0 Å². The van der Waals surface area contributed by atoms with E-state index in [9.17, 15) is 23.3 Å². The monoisotopic (exact) mass is 478 g/mol. The Morgan fingerprint density at radius 2 is 2.00 bits per heavy atom. The average molecular weight is 479 g/mol. The first-order chi connectivity index (χ1) is 15.7. The molecule has 1 fully saturated rings. The summed E-state index contributed by atoms with van der Waals surface area (Å²) >= 11 is 0. The van der Waals surface area contributed by atoms with Gasteiger partial charge in [0.15, 0.2) is 0 Å². The first-order valence-electron chi connectivity index (χ1n) is 10.2. The Morgan fingerprint density at radius 3 is 2.64 bits per heavy atom. The molecule has 11 nitrogen and oxygen atoms in total. The fraction of sp³-hybridized carbons (Fsp3) is 0.381. The molecule has 1 aliphatic heterocycles. The number of hydrogen-bond donors (Lipinski definition) is 2. The minimum absolute atomic E-state index is 0.100. The van der Waals surface area contributed by atoms with Gasteiger partial charge in [-0.1, -0.05) is 0 Å². The standard InChI is InChI=1S/C21H26N4O7S/c1-31-14-5-7-16(20(12-14)32-2)18-4-3-11-24(18)21(26)9-10-23-17-8-6-15(33(22,29)30)13-19(17)25(27)28/h5-8,12-13,18,23H,3-4,9-11H2,1-2H3,(H2,22,29,30). The van der Waals surface area contributed by atoms with Gasteiger partial charge in [-0.2, -0.15) is 0 Å². The van der Waals surface area contributed by atoms with E-state index >= 15 is 0 Å². The maximum absolute atomic E-state index is 12.9. The second kappa shape index (κ2) is 10.0. The lowest BCUT2D eigenvalue weighted by Crippen LogP contribution is -2.32. The zero-order valence-electron chi connectivity index (χ0n) is 18.3. The van der Waals surface area contributed by atoms with Gasteiger partial charge in [0, 0.05) is 37.2 Å². The molecule has 3 N–H and O–H groups in total. The van der Waals surface area contributed by atoms with E-state index in [1.807, 2.05) is 12.1 Å². The van der Waals surface area contributed by atoms with Crippen LogP contribution in [-0.4, -0.2) is 51.5 Å². The van der Waals surface area contributed by atoms with Crippen molar-refractivity contribution in [2.45, 2.75) is 30.2 Å².